The van der Waals surface area contributed by atoms with E-state index in [0.29, 0.717) is 17.7 Å². The highest BCUT2D eigenvalue weighted by Gasteiger charge is 2.36. The molecule has 1 saturated heterocycles. The van der Waals surface area contributed by atoms with E-state index in [1.54, 1.807) is 24.3 Å². The van der Waals surface area contributed by atoms with Crippen molar-refractivity contribution in [3.63, 3.8) is 0 Å². The van der Waals surface area contributed by atoms with Crippen LogP contribution in [0.4, 0.5) is 0 Å². The van der Waals surface area contributed by atoms with Gasteiger partial charge in [-0.15, -0.1) is 0 Å². The van der Waals surface area contributed by atoms with Crippen molar-refractivity contribution in [1.82, 2.24) is 15.1 Å². The lowest BCUT2D eigenvalue weighted by Gasteiger charge is -2.28. The molecule has 2 aromatic rings. The minimum Gasteiger partial charge on any atom is -0.353 e. The van der Waals surface area contributed by atoms with Gasteiger partial charge in [-0.1, -0.05) is 42.5 Å². The molecule has 3 amide bonds. The molecule has 0 bridgehead atoms. The molecule has 0 saturated carbocycles. The second kappa shape index (κ2) is 7.94. The van der Waals surface area contributed by atoms with Crippen LogP contribution in [0.2, 0.25) is 0 Å². The van der Waals surface area contributed by atoms with Gasteiger partial charge in [-0.3, -0.25) is 24.2 Å². The van der Waals surface area contributed by atoms with Crippen molar-refractivity contribution in [2.45, 2.75) is 18.9 Å². The van der Waals surface area contributed by atoms with Gasteiger partial charge in [0.1, 0.15) is 6.54 Å². The average molecular weight is 377 g/mol. The summed E-state index contributed by atoms with van der Waals surface area (Å²) in [7, 11) is 0. The first-order chi connectivity index (χ1) is 13.6. The number of carbonyl (C=O) groups excluding carboxylic acids is 3. The molecule has 0 aliphatic carbocycles. The average Bonchev–Trinajstić information content (AvgIpc) is 3.33. The highest BCUT2D eigenvalue weighted by atomic mass is 16.2. The van der Waals surface area contributed by atoms with E-state index >= 15 is 0 Å². The standard InChI is InChI=1S/C22H23N3O3/c26-20(15-25-21(27)17-10-4-5-11-18(17)22(25)28)23-14-19(24-12-6-7-13-24)16-8-2-1-3-9-16/h1-5,8-11,19H,6-7,12-15H2,(H,23,26)/t19-/m1/s1. The highest BCUT2D eigenvalue weighted by molar-refractivity contribution is 6.22. The van der Waals surface area contributed by atoms with Gasteiger partial charge in [0.15, 0.2) is 0 Å². The summed E-state index contributed by atoms with van der Waals surface area (Å²) < 4.78 is 0. The van der Waals surface area contributed by atoms with Crippen LogP contribution in [-0.2, 0) is 4.79 Å². The molecule has 0 radical (unpaired) electrons. The highest BCUT2D eigenvalue weighted by Crippen LogP contribution is 2.25. The van der Waals surface area contributed by atoms with Gasteiger partial charge in [-0.2, -0.15) is 0 Å². The van der Waals surface area contributed by atoms with Gasteiger partial charge >= 0.3 is 0 Å². The maximum atomic E-state index is 12.5. The quantitative estimate of drug-likeness (QED) is 0.784. The van der Waals surface area contributed by atoms with Gasteiger partial charge in [0.05, 0.1) is 17.2 Å². The van der Waals surface area contributed by atoms with E-state index < -0.39 is 11.8 Å². The number of hydrogen-bond acceptors (Lipinski definition) is 4. The van der Waals surface area contributed by atoms with Gasteiger partial charge in [-0.25, -0.2) is 0 Å². The van der Waals surface area contributed by atoms with Gasteiger partial charge in [-0.05, 0) is 43.6 Å². The molecule has 4 rings (SSSR count). The Morgan fingerprint density at radius 2 is 1.46 bits per heavy atom. The topological polar surface area (TPSA) is 69.7 Å². The fourth-order valence-electron chi connectivity index (χ4n) is 3.98. The summed E-state index contributed by atoms with van der Waals surface area (Å²) in [5.41, 5.74) is 1.88. The second-order valence-electron chi connectivity index (χ2n) is 7.22. The van der Waals surface area contributed by atoms with Crippen molar-refractivity contribution in [2.24, 2.45) is 0 Å². The predicted molar refractivity (Wildman–Crippen MR) is 105 cm³/mol. The number of likely N-dealkylation sites (tertiary alicyclic amines) is 1. The van der Waals surface area contributed by atoms with Crippen molar-refractivity contribution in [2.75, 3.05) is 26.2 Å². The molecule has 2 aromatic carbocycles. The molecule has 28 heavy (non-hydrogen) atoms. The summed E-state index contributed by atoms with van der Waals surface area (Å²) in [6, 6.07) is 16.9. The number of rotatable bonds is 6. The third-order valence-corrected chi connectivity index (χ3v) is 5.44. The molecule has 2 heterocycles. The lowest BCUT2D eigenvalue weighted by atomic mass is 10.1. The van der Waals surface area contributed by atoms with E-state index in [4.69, 9.17) is 0 Å². The molecule has 6 nitrogen and oxygen atoms in total. The van der Waals surface area contributed by atoms with Crippen LogP contribution in [0, 0.1) is 0 Å². The zero-order valence-corrected chi connectivity index (χ0v) is 15.6. The van der Waals surface area contributed by atoms with Gasteiger partial charge in [0.2, 0.25) is 5.91 Å². The molecule has 2 aliphatic heterocycles. The summed E-state index contributed by atoms with van der Waals surface area (Å²) in [4.78, 5) is 40.8. The van der Waals surface area contributed by atoms with Crippen LogP contribution in [0.5, 0.6) is 0 Å². The van der Waals surface area contributed by atoms with Gasteiger partial charge in [0.25, 0.3) is 11.8 Å². The number of nitrogens with one attached hydrogen (secondary N) is 1. The Morgan fingerprint density at radius 3 is 2.07 bits per heavy atom. The number of fused-ring (bicyclic) bond motifs is 1. The molecule has 1 fully saturated rings. The van der Waals surface area contributed by atoms with Crippen molar-refractivity contribution in [3.8, 4) is 0 Å². The maximum Gasteiger partial charge on any atom is 0.262 e. The summed E-state index contributed by atoms with van der Waals surface area (Å²) in [5, 5.41) is 2.93. The molecule has 0 aromatic heterocycles. The minimum absolute atomic E-state index is 0.0924. The van der Waals surface area contributed by atoms with Gasteiger partial charge in [0, 0.05) is 6.54 Å². The van der Waals surface area contributed by atoms with Crippen LogP contribution in [-0.4, -0.2) is 53.7 Å². The number of hydrogen-bond donors (Lipinski definition) is 1. The van der Waals surface area contributed by atoms with Crippen LogP contribution >= 0.6 is 0 Å². The second-order valence-corrected chi connectivity index (χ2v) is 7.22. The Labute approximate surface area is 164 Å². The molecule has 2 aliphatic rings. The molecule has 1 atom stereocenters. The summed E-state index contributed by atoms with van der Waals surface area (Å²) in [5.74, 6) is -1.14. The summed E-state index contributed by atoms with van der Waals surface area (Å²) in [6.07, 6.45) is 2.32. The normalized spacial score (nSPS) is 17.6. The van der Waals surface area contributed by atoms with Crippen LogP contribution in [0.1, 0.15) is 45.2 Å². The Hall–Kier alpha value is -2.99. The van der Waals surface area contributed by atoms with Crippen LogP contribution in [0.3, 0.4) is 0 Å². The largest absolute Gasteiger partial charge is 0.353 e. The zero-order valence-electron chi connectivity index (χ0n) is 15.6. The lowest BCUT2D eigenvalue weighted by Crippen LogP contribution is -2.43. The van der Waals surface area contributed by atoms with E-state index in [1.165, 1.54) is 0 Å². The molecule has 0 spiro atoms. The monoisotopic (exact) mass is 377 g/mol. The third kappa shape index (κ3) is 3.55. The van der Waals surface area contributed by atoms with Crippen LogP contribution in [0.25, 0.3) is 0 Å². The van der Waals surface area contributed by atoms with Crippen molar-refractivity contribution in [1.29, 1.82) is 0 Å². The number of amides is 3. The summed E-state index contributed by atoms with van der Waals surface area (Å²) in [6.45, 7) is 2.21. The Balaban J connectivity index is 1.41. The molecular formula is C22H23N3O3. The number of nitrogens with zero attached hydrogens (tertiary/aromatic N) is 2. The van der Waals surface area contributed by atoms with Crippen molar-refractivity contribution < 1.29 is 14.4 Å². The minimum atomic E-state index is -0.407. The Kier molecular flexibility index (Phi) is 5.21. The Bertz CT molecular complexity index is 856. The third-order valence-electron chi connectivity index (χ3n) is 5.44. The first kappa shape index (κ1) is 18.4. The van der Waals surface area contributed by atoms with E-state index in [9.17, 15) is 14.4 Å². The number of benzene rings is 2. The molecule has 0 unspecified atom stereocenters. The SMILES string of the molecule is O=C(CN1C(=O)c2ccccc2C1=O)NC[C@H](c1ccccc1)N1CCCC1. The van der Waals surface area contributed by atoms with Crippen molar-refractivity contribution >= 4 is 17.7 Å². The Morgan fingerprint density at radius 1 is 0.893 bits per heavy atom. The molecule has 144 valence electrons. The predicted octanol–water partition coefficient (Wildman–Crippen LogP) is 2.24. The smallest absolute Gasteiger partial charge is 0.262 e. The molecule has 1 N–H and O–H groups in total. The molecular weight excluding hydrogens is 354 g/mol. The first-order valence-corrected chi connectivity index (χ1v) is 9.66. The number of imide groups is 1. The first-order valence-electron chi connectivity index (χ1n) is 9.66. The zero-order chi connectivity index (χ0) is 19.5. The number of carbonyl (C=O) groups is 3. The fourth-order valence-corrected chi connectivity index (χ4v) is 3.98. The van der Waals surface area contributed by atoms with E-state index in [2.05, 4.69) is 22.3 Å². The van der Waals surface area contributed by atoms with E-state index in [1.807, 2.05) is 18.2 Å². The van der Waals surface area contributed by atoms with Crippen molar-refractivity contribution in [3.05, 3.63) is 71.3 Å². The van der Waals surface area contributed by atoms with E-state index in [-0.39, 0.29) is 18.5 Å². The van der Waals surface area contributed by atoms with Crippen LogP contribution in [0.15, 0.2) is 54.6 Å². The maximum absolute atomic E-state index is 12.5. The van der Waals surface area contributed by atoms with E-state index in [0.717, 1.165) is 36.4 Å². The fraction of sp³-hybridized carbons (Fsp3) is 0.318. The molecule has 6 heteroatoms. The van der Waals surface area contributed by atoms with Gasteiger partial charge < -0.3 is 5.32 Å². The van der Waals surface area contributed by atoms with Crippen LogP contribution < -0.4 is 5.32 Å². The lowest BCUT2D eigenvalue weighted by molar-refractivity contribution is -0.121. The summed E-state index contributed by atoms with van der Waals surface area (Å²) >= 11 is 0.